The zero-order valence-corrected chi connectivity index (χ0v) is 23.6. The Bertz CT molecular complexity index is 1600. The van der Waals surface area contributed by atoms with Crippen molar-refractivity contribution in [3.8, 4) is 11.1 Å². The number of aromatic nitrogens is 3. The van der Waals surface area contributed by atoms with Crippen LogP contribution >= 0.6 is 0 Å². The van der Waals surface area contributed by atoms with Crippen molar-refractivity contribution in [2.75, 3.05) is 19.3 Å². The van der Waals surface area contributed by atoms with Gasteiger partial charge in [-0.05, 0) is 80.5 Å². The van der Waals surface area contributed by atoms with Crippen molar-refractivity contribution in [3.63, 3.8) is 0 Å². The molecule has 9 heteroatoms. The summed E-state index contributed by atoms with van der Waals surface area (Å²) in [5.41, 5.74) is 4.42. The summed E-state index contributed by atoms with van der Waals surface area (Å²) in [6.07, 6.45) is 5.23. The first-order chi connectivity index (χ1) is 18.5. The van der Waals surface area contributed by atoms with Gasteiger partial charge in [-0.1, -0.05) is 36.4 Å². The van der Waals surface area contributed by atoms with E-state index in [-0.39, 0.29) is 11.0 Å². The molecule has 1 saturated heterocycles. The third-order valence-corrected chi connectivity index (χ3v) is 8.06. The summed E-state index contributed by atoms with van der Waals surface area (Å²) < 4.78 is 31.0. The number of hydrogen-bond acceptors (Lipinski definition) is 6. The quantitative estimate of drug-likeness (QED) is 0.328. The van der Waals surface area contributed by atoms with Gasteiger partial charge in [-0.15, -0.1) is 0 Å². The molecule has 5 rings (SSSR count). The summed E-state index contributed by atoms with van der Waals surface area (Å²) in [4.78, 5) is 19.3. The van der Waals surface area contributed by atoms with Gasteiger partial charge in [-0.2, -0.15) is 5.10 Å². The summed E-state index contributed by atoms with van der Waals surface area (Å²) in [6, 6.07) is 19.3. The zero-order valence-electron chi connectivity index (χ0n) is 22.8. The van der Waals surface area contributed by atoms with Gasteiger partial charge < -0.3 is 9.64 Å². The number of carbonyl (C=O) groups excluding carboxylic acids is 1. The summed E-state index contributed by atoms with van der Waals surface area (Å²) in [7, 11) is -3.26. The Balaban J connectivity index is 1.30. The van der Waals surface area contributed by atoms with Gasteiger partial charge >= 0.3 is 6.09 Å². The number of rotatable bonds is 5. The number of nitrogens with zero attached hydrogens (tertiary/aromatic N) is 4. The zero-order chi connectivity index (χ0) is 27.8. The average molecular weight is 547 g/mol. The molecule has 1 amide bonds. The Hall–Kier alpha value is -3.72. The molecule has 1 aliphatic heterocycles. The van der Waals surface area contributed by atoms with E-state index in [4.69, 9.17) is 14.8 Å². The van der Waals surface area contributed by atoms with Crippen molar-refractivity contribution in [2.45, 2.75) is 56.4 Å². The maximum atomic E-state index is 12.4. The number of sulfone groups is 1. The minimum absolute atomic E-state index is 0.238. The Kier molecular flexibility index (Phi) is 7.20. The minimum atomic E-state index is -3.26. The van der Waals surface area contributed by atoms with E-state index >= 15 is 0 Å². The summed E-state index contributed by atoms with van der Waals surface area (Å²) in [5, 5.41) is 4.70. The number of hydrogen-bond donors (Lipinski definition) is 0. The summed E-state index contributed by atoms with van der Waals surface area (Å²) in [6.45, 7) is 7.04. The number of amides is 1. The molecular formula is C30H34N4O4S. The van der Waals surface area contributed by atoms with E-state index in [0.717, 1.165) is 35.2 Å². The van der Waals surface area contributed by atoms with E-state index in [1.807, 2.05) is 39.1 Å². The maximum Gasteiger partial charge on any atom is 0.410 e. The number of carbonyl (C=O) groups is 1. The van der Waals surface area contributed by atoms with Gasteiger partial charge in [0.1, 0.15) is 5.60 Å². The van der Waals surface area contributed by atoms with Gasteiger partial charge in [0.05, 0.1) is 4.90 Å². The molecule has 204 valence electrons. The number of piperidine rings is 1. The highest BCUT2D eigenvalue weighted by Gasteiger charge is 2.27. The Morgan fingerprint density at radius 1 is 1.03 bits per heavy atom. The first-order valence-electron chi connectivity index (χ1n) is 13.2. The van der Waals surface area contributed by atoms with Crippen molar-refractivity contribution < 1.29 is 17.9 Å². The smallest absolute Gasteiger partial charge is 0.410 e. The molecular weight excluding hydrogens is 512 g/mol. The highest BCUT2D eigenvalue weighted by atomic mass is 32.2. The second kappa shape index (κ2) is 10.4. The Morgan fingerprint density at radius 2 is 1.74 bits per heavy atom. The molecule has 3 heterocycles. The first kappa shape index (κ1) is 26.9. The lowest BCUT2D eigenvalue weighted by Gasteiger charge is -2.33. The molecule has 0 aliphatic carbocycles. The van der Waals surface area contributed by atoms with Crippen LogP contribution in [-0.2, 0) is 21.0 Å². The lowest BCUT2D eigenvalue weighted by Crippen LogP contribution is -2.41. The molecule has 1 fully saturated rings. The van der Waals surface area contributed by atoms with E-state index < -0.39 is 15.4 Å². The van der Waals surface area contributed by atoms with Crippen LogP contribution in [0.3, 0.4) is 0 Å². The van der Waals surface area contributed by atoms with Crippen LogP contribution in [0.4, 0.5) is 4.79 Å². The average Bonchev–Trinajstić information content (AvgIpc) is 3.30. The molecule has 0 unspecified atom stereocenters. The second-order valence-electron chi connectivity index (χ2n) is 11.2. The van der Waals surface area contributed by atoms with Crippen LogP contribution in [0, 0.1) is 0 Å². The number of fused-ring (bicyclic) bond motifs is 1. The van der Waals surface area contributed by atoms with E-state index in [0.29, 0.717) is 31.3 Å². The van der Waals surface area contributed by atoms with Crippen molar-refractivity contribution >= 4 is 21.6 Å². The van der Waals surface area contributed by atoms with Gasteiger partial charge in [-0.25, -0.2) is 22.7 Å². The maximum absolute atomic E-state index is 12.4. The van der Waals surface area contributed by atoms with Crippen LogP contribution in [0.15, 0.2) is 71.8 Å². The van der Waals surface area contributed by atoms with Crippen molar-refractivity contribution in [1.82, 2.24) is 19.5 Å². The molecule has 0 atom stereocenters. The molecule has 2 aromatic carbocycles. The van der Waals surface area contributed by atoms with Crippen molar-refractivity contribution in [2.24, 2.45) is 0 Å². The fraction of sp³-hybridized carbons (Fsp3) is 0.367. The standard InChI is InChI=1S/C30H34N4O4S/c1-30(2,3)38-29(35)33-17-14-22(15-18-33)24-8-5-7-21(19-24)20-27-31-28-26(9-6-16-34(28)32-27)23-10-12-25(13-11-23)39(4,36)37/h5-13,16,19,22H,14-15,17-18,20H2,1-4H3. The van der Waals surface area contributed by atoms with Crippen molar-refractivity contribution in [3.05, 3.63) is 83.8 Å². The molecule has 0 radical (unpaired) electrons. The highest BCUT2D eigenvalue weighted by molar-refractivity contribution is 7.90. The van der Waals surface area contributed by atoms with E-state index in [9.17, 15) is 13.2 Å². The lowest BCUT2D eigenvalue weighted by molar-refractivity contribution is 0.0205. The number of pyridine rings is 1. The third kappa shape index (κ3) is 6.30. The van der Waals surface area contributed by atoms with E-state index in [1.165, 1.54) is 11.8 Å². The van der Waals surface area contributed by atoms with Gasteiger partial charge in [0.2, 0.25) is 0 Å². The molecule has 0 spiro atoms. The molecule has 1 aliphatic rings. The molecule has 2 aromatic heterocycles. The largest absolute Gasteiger partial charge is 0.444 e. The third-order valence-electron chi connectivity index (χ3n) is 6.93. The van der Waals surface area contributed by atoms with Crippen LogP contribution in [0.2, 0.25) is 0 Å². The Labute approximate surface area is 229 Å². The molecule has 0 N–H and O–H groups in total. The van der Waals surface area contributed by atoms with Crippen LogP contribution < -0.4 is 0 Å². The van der Waals surface area contributed by atoms with Gasteiger partial charge in [0.15, 0.2) is 21.3 Å². The molecule has 8 nitrogen and oxygen atoms in total. The molecule has 0 bridgehead atoms. The fourth-order valence-electron chi connectivity index (χ4n) is 4.99. The summed E-state index contributed by atoms with van der Waals surface area (Å²) in [5.74, 6) is 1.10. The van der Waals surface area contributed by atoms with Gasteiger partial charge in [0.25, 0.3) is 0 Å². The van der Waals surface area contributed by atoms with Crippen molar-refractivity contribution in [1.29, 1.82) is 0 Å². The lowest BCUT2D eigenvalue weighted by atomic mass is 9.88. The number of ether oxygens (including phenoxy) is 1. The monoisotopic (exact) mass is 546 g/mol. The van der Waals surface area contributed by atoms with Crippen LogP contribution in [0.5, 0.6) is 0 Å². The predicted molar refractivity (Wildman–Crippen MR) is 151 cm³/mol. The number of likely N-dealkylation sites (tertiary alicyclic amines) is 1. The molecule has 0 saturated carbocycles. The second-order valence-corrected chi connectivity index (χ2v) is 13.2. The topological polar surface area (TPSA) is 93.9 Å². The SMILES string of the molecule is CC(C)(C)OC(=O)N1CCC(c2cccc(Cc3nc4c(-c5ccc(S(C)(=O)=O)cc5)cccn4n3)c2)CC1. The summed E-state index contributed by atoms with van der Waals surface area (Å²) >= 11 is 0. The minimum Gasteiger partial charge on any atom is -0.444 e. The van der Waals surface area contributed by atoms with E-state index in [2.05, 4.69) is 24.3 Å². The van der Waals surface area contributed by atoms with Crippen LogP contribution in [-0.4, -0.2) is 59.0 Å². The van der Waals surface area contributed by atoms with Crippen LogP contribution in [0.25, 0.3) is 16.8 Å². The fourth-order valence-corrected chi connectivity index (χ4v) is 5.62. The number of benzene rings is 2. The Morgan fingerprint density at radius 3 is 2.41 bits per heavy atom. The molecule has 39 heavy (non-hydrogen) atoms. The molecule has 4 aromatic rings. The predicted octanol–water partition coefficient (Wildman–Crippen LogP) is 5.51. The van der Waals surface area contributed by atoms with Gasteiger partial charge in [-0.3, -0.25) is 0 Å². The van der Waals surface area contributed by atoms with Crippen LogP contribution in [0.1, 0.15) is 56.5 Å². The van der Waals surface area contributed by atoms with E-state index in [1.54, 1.807) is 33.7 Å². The normalized spacial score (nSPS) is 15.0. The highest BCUT2D eigenvalue weighted by Crippen LogP contribution is 2.30. The first-order valence-corrected chi connectivity index (χ1v) is 15.1. The van der Waals surface area contributed by atoms with Gasteiger partial charge in [0, 0.05) is 37.5 Å².